The smallest absolute Gasteiger partial charge is 0.870 e. The fourth-order valence-corrected chi connectivity index (χ4v) is 11.1. The summed E-state index contributed by atoms with van der Waals surface area (Å²) in [5, 5.41) is 35.8. The van der Waals surface area contributed by atoms with E-state index in [1.165, 1.54) is 26.2 Å². The molecule has 2 aliphatic carbocycles. The third-order valence-corrected chi connectivity index (χ3v) is 16.2. The van der Waals surface area contributed by atoms with Gasteiger partial charge in [-0.15, -0.1) is 0 Å². The Balaban J connectivity index is 0.000000437. The molecule has 2 aliphatic heterocycles. The van der Waals surface area contributed by atoms with E-state index in [9.17, 15) is 44.1 Å². The Kier molecular flexibility index (Phi) is 39.8. The first-order valence-electron chi connectivity index (χ1n) is 32.4. The molecule has 0 spiro atoms. The maximum Gasteiger partial charge on any atom is 1.00 e. The average molecular weight is 1580 g/mol. The first-order chi connectivity index (χ1) is 49.4. The summed E-state index contributed by atoms with van der Waals surface area (Å²) in [6.07, 6.45) is 0. The molecule has 546 valence electrons. The minimum absolute atomic E-state index is 0. The average Bonchev–Trinajstić information content (AvgIpc) is 0.754. The summed E-state index contributed by atoms with van der Waals surface area (Å²) in [5.74, 6) is -2.56. The molecule has 27 nitrogen and oxygen atoms in total. The van der Waals surface area contributed by atoms with Crippen molar-refractivity contribution in [1.29, 1.82) is 0 Å². The molecular formula is C77H81K4N6O21+3. The number of anilines is 4. The van der Waals surface area contributed by atoms with Crippen LogP contribution in [-0.2, 0) is 43.0 Å². The molecule has 0 atom stereocenters. The predicted molar refractivity (Wildman–Crippen MR) is 385 cm³/mol. The molecule has 31 heteroatoms. The van der Waals surface area contributed by atoms with Gasteiger partial charge in [0.1, 0.15) is 115 Å². The molecule has 0 saturated carbocycles. The SMILES string of the molecule is CN(C)c1ccc2c(-c3ccc(N(CC(=O)[O-])CC(=O)O)c(OCCOc4ccccc4OCC(=O)[O-])c3)c3ccc(=[N+](C)C)cc-3oc2c1.COC(=O)COc1ccccc1OCCOc1cc(-c2c3ccc(=[N+](C)C)cc-3oc3cc(N(C)C)ccc23)ccc1N(CC(=O)OC)CC(=O)OC.[K+].[K+].[K+].[K+].[OH-]. The molecule has 2 heterocycles. The molecule has 0 saturated heterocycles. The van der Waals surface area contributed by atoms with Crippen LogP contribution in [0, 0.1) is 0 Å². The molecule has 6 aromatic rings. The van der Waals surface area contributed by atoms with Gasteiger partial charge in [-0.1, -0.05) is 36.4 Å². The topological polar surface area (TPSA) is 327 Å². The van der Waals surface area contributed by atoms with Gasteiger partial charge in [0.2, 0.25) is 10.7 Å². The van der Waals surface area contributed by atoms with E-state index in [0.29, 0.717) is 51.2 Å². The number of esters is 3. The number of benzene rings is 8. The van der Waals surface area contributed by atoms with Crippen LogP contribution in [0.1, 0.15) is 0 Å². The van der Waals surface area contributed by atoms with Gasteiger partial charge in [-0.2, -0.15) is 0 Å². The molecule has 0 fully saturated rings. The van der Waals surface area contributed by atoms with Crippen LogP contribution in [0.5, 0.6) is 34.5 Å². The maximum absolute atomic E-state index is 12.5. The van der Waals surface area contributed by atoms with Crippen molar-refractivity contribution in [2.45, 2.75) is 0 Å². The van der Waals surface area contributed by atoms with Crippen molar-refractivity contribution in [1.82, 2.24) is 9.15 Å². The van der Waals surface area contributed by atoms with E-state index in [2.05, 4.69) is 4.74 Å². The fourth-order valence-electron chi connectivity index (χ4n) is 11.1. The number of carbonyl (C=O) groups is 6. The fraction of sp³-hybridized carbons (Fsp3) is 0.273. The minimum Gasteiger partial charge on any atom is -0.870 e. The molecule has 10 rings (SSSR count). The van der Waals surface area contributed by atoms with Gasteiger partial charge in [0.25, 0.3) is 0 Å². The largest absolute Gasteiger partial charge is 1.00 e. The van der Waals surface area contributed by atoms with Crippen molar-refractivity contribution >= 4 is 80.5 Å². The second kappa shape index (κ2) is 45.5. The van der Waals surface area contributed by atoms with Gasteiger partial charge in [0.05, 0.1) is 63.3 Å². The number of aliphatic carboxylic acids is 3. The zero-order valence-corrected chi connectivity index (χ0v) is 75.9. The van der Waals surface area contributed by atoms with Crippen LogP contribution in [0.2, 0.25) is 0 Å². The third kappa shape index (κ3) is 25.5. The molecule has 6 aromatic carbocycles. The van der Waals surface area contributed by atoms with Gasteiger partial charge in [0.15, 0.2) is 29.6 Å². The normalized spacial score (nSPS) is 10.3. The second-order valence-corrected chi connectivity index (χ2v) is 24.1. The van der Waals surface area contributed by atoms with Crippen LogP contribution in [0.25, 0.3) is 66.8 Å². The van der Waals surface area contributed by atoms with E-state index < -0.39 is 55.5 Å². The number of hydrogen-bond donors (Lipinski definition) is 1. The Morgan fingerprint density at radius 1 is 0.417 bits per heavy atom. The second-order valence-electron chi connectivity index (χ2n) is 24.1. The van der Waals surface area contributed by atoms with Crippen molar-refractivity contribution in [3.8, 4) is 79.4 Å². The van der Waals surface area contributed by atoms with E-state index in [1.54, 1.807) is 72.8 Å². The zero-order valence-electron chi connectivity index (χ0n) is 63.4. The first-order valence-corrected chi connectivity index (χ1v) is 32.4. The van der Waals surface area contributed by atoms with Crippen LogP contribution < -0.4 is 284 Å². The van der Waals surface area contributed by atoms with Crippen LogP contribution in [0.15, 0.2) is 167 Å². The molecule has 0 bridgehead atoms. The van der Waals surface area contributed by atoms with E-state index >= 15 is 0 Å². The van der Waals surface area contributed by atoms with E-state index in [4.69, 9.17) is 46.7 Å². The van der Waals surface area contributed by atoms with E-state index in [1.807, 2.05) is 160 Å². The molecular weight excluding hydrogens is 1500 g/mol. The number of carboxylic acids is 3. The zero-order chi connectivity index (χ0) is 74.0. The number of methoxy groups -OCH3 is 3. The van der Waals surface area contributed by atoms with Crippen molar-refractivity contribution in [2.24, 2.45) is 0 Å². The van der Waals surface area contributed by atoms with Gasteiger partial charge < -0.3 is 101 Å². The Bertz CT molecular complexity index is 4820. The number of fused-ring (bicyclic) bond motifs is 4. The third-order valence-electron chi connectivity index (χ3n) is 16.2. The number of carbonyl (C=O) groups excluding carboxylic acids is 5. The molecule has 2 N–H and O–H groups in total. The van der Waals surface area contributed by atoms with Gasteiger partial charge in [0, 0.05) is 96.9 Å². The van der Waals surface area contributed by atoms with Crippen molar-refractivity contribution < 1.29 is 307 Å². The molecule has 0 unspecified atom stereocenters. The van der Waals surface area contributed by atoms with Crippen LogP contribution >= 0.6 is 0 Å². The van der Waals surface area contributed by atoms with Gasteiger partial charge in [-0.25, -0.2) is 13.9 Å². The summed E-state index contributed by atoms with van der Waals surface area (Å²) >= 11 is 0. The van der Waals surface area contributed by atoms with Crippen LogP contribution in [0.3, 0.4) is 0 Å². The predicted octanol–water partition coefficient (Wildman–Crippen LogP) is -6.17. The molecule has 0 radical (unpaired) electrons. The van der Waals surface area contributed by atoms with Crippen LogP contribution in [-0.4, -0.2) is 190 Å². The van der Waals surface area contributed by atoms with E-state index in [-0.39, 0.29) is 280 Å². The monoisotopic (exact) mass is 1580 g/mol. The number of hydrogen-bond acceptors (Lipinski definition) is 24. The Hall–Kier alpha value is -5.97. The number of carboxylic acid groups (broad SMARTS) is 3. The first kappa shape index (κ1) is 94.4. The summed E-state index contributed by atoms with van der Waals surface area (Å²) in [7, 11) is 19.5. The molecule has 0 aromatic heterocycles. The summed E-state index contributed by atoms with van der Waals surface area (Å²) in [6, 6.07) is 48.1. The van der Waals surface area contributed by atoms with Crippen molar-refractivity contribution in [3.63, 3.8) is 0 Å². The quantitative estimate of drug-likeness (QED) is 0.0109. The van der Waals surface area contributed by atoms with E-state index in [0.717, 1.165) is 65.6 Å². The number of para-hydroxylation sites is 4. The summed E-state index contributed by atoms with van der Waals surface area (Å²) in [6.45, 7) is -2.65. The summed E-state index contributed by atoms with van der Waals surface area (Å²) in [5.41, 5.74) is 8.88. The number of ether oxygens (including phenoxy) is 9. The minimum atomic E-state index is -1.46. The standard InChI is InChI=1S/C40H44N3O10.C37H37N3O10.4K.H2O/c1-41(2)27-13-15-29-34(21-27)53-35-22-28(42(3)4)14-16-30(35)40(29)26-12-17-31(43(23-37(44)47-5)24-38(45)48-6)36(20-26)51-19-18-50-32-10-8-9-11-33(32)52-25-39(46)49-7;1-38(2)24-10-12-26-31(18-24)50-32-19-25(39(3)4)11-13-27(32)37(26)23-9-14-28(40(20-34(41)42)21-35(43)44)33(17-23)48-16-15-47-29-7-5-6-8-30(29)49-22-36(45)46;;;;;/h8-17,20-22H,18-19,23-25H2,1-7H3;5-14,17-19H,15-16,20-22H2,1-4H3,(H2-,41,42,43,44,45,46);;;;;1H2/q+1;;4*+1;/p-2. The van der Waals surface area contributed by atoms with Crippen molar-refractivity contribution in [2.75, 3.05) is 163 Å². The molecule has 108 heavy (non-hydrogen) atoms. The number of rotatable bonds is 30. The van der Waals surface area contributed by atoms with Gasteiger partial charge >= 0.3 is 229 Å². The molecule has 0 amide bonds. The Morgan fingerprint density at radius 3 is 1.14 bits per heavy atom. The summed E-state index contributed by atoms with van der Waals surface area (Å²) in [4.78, 5) is 77.7. The van der Waals surface area contributed by atoms with Gasteiger partial charge in [-0.05, 0) is 96.1 Å². The maximum atomic E-state index is 12.5. The molecule has 4 aliphatic rings. The van der Waals surface area contributed by atoms with Gasteiger partial charge in [-0.3, -0.25) is 14.4 Å². The Labute approximate surface area is 794 Å². The Morgan fingerprint density at radius 2 is 0.787 bits per heavy atom. The summed E-state index contributed by atoms with van der Waals surface area (Å²) < 4.78 is 66.7. The number of nitrogens with zero attached hydrogens (tertiary/aromatic N) is 6. The van der Waals surface area contributed by atoms with Crippen LogP contribution in [0.4, 0.5) is 22.7 Å². The van der Waals surface area contributed by atoms with Crippen molar-refractivity contribution in [3.05, 3.63) is 168 Å².